The van der Waals surface area contributed by atoms with Crippen molar-refractivity contribution in [2.24, 2.45) is 0 Å². The van der Waals surface area contributed by atoms with Gasteiger partial charge in [0.15, 0.2) is 5.82 Å². The summed E-state index contributed by atoms with van der Waals surface area (Å²) in [4.78, 5) is 9.16. The van der Waals surface area contributed by atoms with E-state index in [9.17, 15) is 4.39 Å². The molecular formula is C16H19BrFN3. The molecule has 0 aliphatic heterocycles. The molecule has 0 spiro atoms. The molecule has 0 saturated carbocycles. The molecule has 0 aliphatic carbocycles. The van der Waals surface area contributed by atoms with Crippen molar-refractivity contribution in [2.45, 2.75) is 27.2 Å². The molecule has 0 amide bonds. The van der Waals surface area contributed by atoms with Gasteiger partial charge in [0.25, 0.3) is 0 Å². The van der Waals surface area contributed by atoms with Crippen molar-refractivity contribution >= 4 is 15.9 Å². The molecule has 3 nitrogen and oxygen atoms in total. The Morgan fingerprint density at radius 3 is 2.43 bits per heavy atom. The standard InChI is InChI=1S/C16H19BrFN3/c1-4-19-8-7-13-10(2)20-16(21-11(13)3)14-6-5-12(18)9-15(14)17/h5-6,9,19H,4,7-8H2,1-3H3. The summed E-state index contributed by atoms with van der Waals surface area (Å²) >= 11 is 3.37. The second kappa shape index (κ2) is 7.09. The fraction of sp³-hybridized carbons (Fsp3) is 0.375. The first-order valence-electron chi connectivity index (χ1n) is 7.03. The van der Waals surface area contributed by atoms with Crippen LogP contribution in [0.15, 0.2) is 22.7 Å². The zero-order chi connectivity index (χ0) is 15.4. The predicted molar refractivity (Wildman–Crippen MR) is 86.8 cm³/mol. The maximum Gasteiger partial charge on any atom is 0.160 e. The van der Waals surface area contributed by atoms with Crippen molar-refractivity contribution in [1.82, 2.24) is 15.3 Å². The van der Waals surface area contributed by atoms with Crippen molar-refractivity contribution < 1.29 is 4.39 Å². The molecule has 2 aromatic rings. The van der Waals surface area contributed by atoms with Gasteiger partial charge in [-0.15, -0.1) is 0 Å². The Hall–Kier alpha value is -1.33. The third-order valence-electron chi connectivity index (χ3n) is 3.39. The van der Waals surface area contributed by atoms with Crippen LogP contribution in [0.25, 0.3) is 11.4 Å². The van der Waals surface area contributed by atoms with E-state index in [4.69, 9.17) is 0 Å². The van der Waals surface area contributed by atoms with E-state index >= 15 is 0 Å². The van der Waals surface area contributed by atoms with Gasteiger partial charge in [-0.1, -0.05) is 6.92 Å². The minimum atomic E-state index is -0.277. The lowest BCUT2D eigenvalue weighted by Crippen LogP contribution is -2.17. The highest BCUT2D eigenvalue weighted by molar-refractivity contribution is 9.10. The van der Waals surface area contributed by atoms with E-state index in [0.29, 0.717) is 10.3 Å². The lowest BCUT2D eigenvalue weighted by atomic mass is 10.1. The average Bonchev–Trinajstić information content (AvgIpc) is 2.41. The highest BCUT2D eigenvalue weighted by Gasteiger charge is 2.12. The van der Waals surface area contributed by atoms with Crippen LogP contribution in [0, 0.1) is 19.7 Å². The molecule has 5 heteroatoms. The molecule has 1 aromatic carbocycles. The van der Waals surface area contributed by atoms with E-state index < -0.39 is 0 Å². The number of nitrogens with zero attached hydrogens (tertiary/aromatic N) is 2. The van der Waals surface area contributed by atoms with Crippen LogP contribution in [-0.2, 0) is 6.42 Å². The van der Waals surface area contributed by atoms with Crippen LogP contribution in [0.3, 0.4) is 0 Å². The van der Waals surface area contributed by atoms with Crippen LogP contribution in [0.1, 0.15) is 23.9 Å². The Morgan fingerprint density at radius 2 is 1.86 bits per heavy atom. The van der Waals surface area contributed by atoms with E-state index in [-0.39, 0.29) is 5.82 Å². The maximum absolute atomic E-state index is 13.2. The van der Waals surface area contributed by atoms with Gasteiger partial charge in [0.1, 0.15) is 5.82 Å². The quantitative estimate of drug-likeness (QED) is 0.832. The van der Waals surface area contributed by atoms with Crippen LogP contribution in [0.5, 0.6) is 0 Å². The van der Waals surface area contributed by atoms with Crippen molar-refractivity contribution in [3.8, 4) is 11.4 Å². The average molecular weight is 352 g/mol. The maximum atomic E-state index is 13.2. The van der Waals surface area contributed by atoms with Crippen molar-refractivity contribution in [3.63, 3.8) is 0 Å². The van der Waals surface area contributed by atoms with Crippen molar-refractivity contribution in [1.29, 1.82) is 0 Å². The minimum Gasteiger partial charge on any atom is -0.317 e. The Morgan fingerprint density at radius 1 is 1.19 bits per heavy atom. The summed E-state index contributed by atoms with van der Waals surface area (Å²) in [6, 6.07) is 4.56. The van der Waals surface area contributed by atoms with Crippen LogP contribution < -0.4 is 5.32 Å². The van der Waals surface area contributed by atoms with Crippen molar-refractivity contribution in [2.75, 3.05) is 13.1 Å². The summed E-state index contributed by atoms with van der Waals surface area (Å²) in [5, 5.41) is 3.31. The molecule has 0 aliphatic rings. The molecule has 0 fully saturated rings. The smallest absolute Gasteiger partial charge is 0.160 e. The normalized spacial score (nSPS) is 10.9. The minimum absolute atomic E-state index is 0.277. The highest BCUT2D eigenvalue weighted by atomic mass is 79.9. The third kappa shape index (κ3) is 3.86. The SMILES string of the molecule is CCNCCc1c(C)nc(-c2ccc(F)cc2Br)nc1C. The molecule has 1 N–H and O–H groups in total. The van der Waals surface area contributed by atoms with Gasteiger partial charge in [-0.2, -0.15) is 0 Å². The zero-order valence-corrected chi connectivity index (χ0v) is 14.1. The van der Waals surface area contributed by atoms with Gasteiger partial charge in [0, 0.05) is 21.4 Å². The molecule has 1 heterocycles. The van der Waals surface area contributed by atoms with Gasteiger partial charge in [-0.3, -0.25) is 0 Å². The van der Waals surface area contributed by atoms with Gasteiger partial charge in [-0.05, 0) is 73.1 Å². The number of hydrogen-bond acceptors (Lipinski definition) is 3. The zero-order valence-electron chi connectivity index (χ0n) is 12.5. The van der Waals surface area contributed by atoms with Gasteiger partial charge in [-0.25, -0.2) is 14.4 Å². The second-order valence-corrected chi connectivity index (χ2v) is 5.78. The number of nitrogens with one attached hydrogen (secondary N) is 1. The summed E-state index contributed by atoms with van der Waals surface area (Å²) in [6.45, 7) is 7.96. The second-order valence-electron chi connectivity index (χ2n) is 4.92. The van der Waals surface area contributed by atoms with E-state index in [1.807, 2.05) is 13.8 Å². The van der Waals surface area contributed by atoms with Crippen molar-refractivity contribution in [3.05, 3.63) is 45.4 Å². The predicted octanol–water partition coefficient (Wildman–Crippen LogP) is 3.81. The Labute approximate surface area is 133 Å². The number of rotatable bonds is 5. The number of likely N-dealkylation sites (N-methyl/N-ethyl adjacent to an activating group) is 1. The van der Waals surface area contributed by atoms with Crippen LogP contribution >= 0.6 is 15.9 Å². The first kappa shape index (κ1) is 16.0. The monoisotopic (exact) mass is 351 g/mol. The van der Waals surface area contributed by atoms with E-state index in [1.54, 1.807) is 6.07 Å². The summed E-state index contributed by atoms with van der Waals surface area (Å²) in [7, 11) is 0. The fourth-order valence-electron chi connectivity index (χ4n) is 2.28. The topological polar surface area (TPSA) is 37.8 Å². The molecule has 112 valence electrons. The Bertz CT molecular complexity index is 620. The lowest BCUT2D eigenvalue weighted by molar-refractivity contribution is 0.627. The van der Waals surface area contributed by atoms with E-state index in [2.05, 4.69) is 38.1 Å². The molecule has 0 saturated heterocycles. The van der Waals surface area contributed by atoms with Crippen LogP contribution in [-0.4, -0.2) is 23.1 Å². The van der Waals surface area contributed by atoms with Gasteiger partial charge in [0.2, 0.25) is 0 Å². The third-order valence-corrected chi connectivity index (χ3v) is 4.05. The summed E-state index contributed by atoms with van der Waals surface area (Å²) in [5.74, 6) is 0.352. The summed E-state index contributed by atoms with van der Waals surface area (Å²) in [5.41, 5.74) is 3.94. The fourth-order valence-corrected chi connectivity index (χ4v) is 2.81. The molecule has 21 heavy (non-hydrogen) atoms. The highest BCUT2D eigenvalue weighted by Crippen LogP contribution is 2.27. The van der Waals surface area contributed by atoms with Gasteiger partial charge >= 0.3 is 0 Å². The number of aryl methyl sites for hydroxylation is 2. The molecule has 0 atom stereocenters. The molecule has 0 radical (unpaired) electrons. The first-order valence-corrected chi connectivity index (χ1v) is 7.82. The number of hydrogen-bond donors (Lipinski definition) is 1. The molecular weight excluding hydrogens is 333 g/mol. The summed E-state index contributed by atoms with van der Waals surface area (Å²) < 4.78 is 13.8. The Balaban J connectivity index is 2.35. The molecule has 2 rings (SSSR count). The first-order chi connectivity index (χ1) is 10.0. The largest absolute Gasteiger partial charge is 0.317 e. The van der Waals surface area contributed by atoms with E-state index in [1.165, 1.54) is 17.7 Å². The van der Waals surface area contributed by atoms with E-state index in [0.717, 1.165) is 36.5 Å². The molecule has 1 aromatic heterocycles. The summed E-state index contributed by atoms with van der Waals surface area (Å²) in [6.07, 6.45) is 0.913. The molecule has 0 bridgehead atoms. The Kier molecular flexibility index (Phi) is 5.42. The number of aromatic nitrogens is 2. The lowest BCUT2D eigenvalue weighted by Gasteiger charge is -2.12. The molecule has 0 unspecified atom stereocenters. The van der Waals surface area contributed by atoms with Crippen LogP contribution in [0.4, 0.5) is 4.39 Å². The number of benzene rings is 1. The van der Waals surface area contributed by atoms with Crippen LogP contribution in [0.2, 0.25) is 0 Å². The van der Waals surface area contributed by atoms with Gasteiger partial charge in [0.05, 0.1) is 0 Å². The number of halogens is 2. The van der Waals surface area contributed by atoms with Gasteiger partial charge < -0.3 is 5.32 Å².